The first-order valence-electron chi connectivity index (χ1n) is 5.63. The number of carbonyl (C=O) groups excluding carboxylic acids is 1. The van der Waals surface area contributed by atoms with E-state index in [1.165, 1.54) is 11.3 Å². The van der Waals surface area contributed by atoms with Crippen molar-refractivity contribution in [3.8, 4) is 0 Å². The molecule has 0 aromatic carbocycles. The molecule has 1 fully saturated rings. The van der Waals surface area contributed by atoms with Gasteiger partial charge in [-0.2, -0.15) is 0 Å². The largest absolute Gasteiger partial charge is 0.442 e. The molecule has 4 nitrogen and oxygen atoms in total. The summed E-state index contributed by atoms with van der Waals surface area (Å²) < 4.78 is 5.24. The normalized spacial score (nSPS) is 20.1. The summed E-state index contributed by atoms with van der Waals surface area (Å²) in [5, 5.41) is 2.73. The predicted molar refractivity (Wildman–Crippen MR) is 62.3 cm³/mol. The van der Waals surface area contributed by atoms with Crippen molar-refractivity contribution in [2.75, 3.05) is 6.54 Å². The van der Waals surface area contributed by atoms with Crippen molar-refractivity contribution in [2.24, 2.45) is 0 Å². The van der Waals surface area contributed by atoms with Crippen LogP contribution in [0.25, 0.3) is 0 Å². The van der Waals surface area contributed by atoms with Crippen molar-refractivity contribution in [1.82, 2.24) is 9.88 Å². The van der Waals surface area contributed by atoms with E-state index in [0.29, 0.717) is 12.6 Å². The summed E-state index contributed by atoms with van der Waals surface area (Å²) in [6.07, 6.45) is 4.72. The molecular weight excluding hydrogens is 224 g/mol. The van der Waals surface area contributed by atoms with Gasteiger partial charge in [0, 0.05) is 24.2 Å². The molecule has 1 amide bonds. The maximum Gasteiger partial charge on any atom is 0.410 e. The fourth-order valence-electron chi connectivity index (χ4n) is 2.03. The average molecular weight is 240 g/mol. The van der Waals surface area contributed by atoms with E-state index in [0.717, 1.165) is 30.8 Å². The molecule has 1 aromatic rings. The lowest BCUT2D eigenvalue weighted by Gasteiger charge is -2.22. The molecule has 2 rings (SSSR count). The minimum absolute atomic E-state index is 0.195. The first-order valence-corrected chi connectivity index (χ1v) is 6.51. The lowest BCUT2D eigenvalue weighted by molar-refractivity contribution is 0.0915. The van der Waals surface area contributed by atoms with E-state index >= 15 is 0 Å². The number of nitrogens with zero attached hydrogens (tertiary/aromatic N) is 2. The molecule has 16 heavy (non-hydrogen) atoms. The van der Waals surface area contributed by atoms with Crippen LogP contribution in [0.15, 0.2) is 11.6 Å². The van der Waals surface area contributed by atoms with E-state index in [-0.39, 0.29) is 6.09 Å². The molecular formula is C11H16N2O2S. The third-order valence-corrected chi connectivity index (χ3v) is 3.64. The van der Waals surface area contributed by atoms with Gasteiger partial charge in [0.25, 0.3) is 0 Å². The standard InChI is InChI=1S/C11H16N2O2S/c1-2-9-4-3-6-13(9)11(14)15-8-10-12-5-7-16-10/h5,7,9H,2-4,6,8H2,1H3. The van der Waals surface area contributed by atoms with Crippen LogP contribution in [-0.2, 0) is 11.3 Å². The van der Waals surface area contributed by atoms with E-state index in [1.54, 1.807) is 6.20 Å². The molecule has 1 atom stereocenters. The zero-order chi connectivity index (χ0) is 11.4. The van der Waals surface area contributed by atoms with E-state index in [9.17, 15) is 4.79 Å². The Morgan fingerprint density at radius 2 is 2.62 bits per heavy atom. The molecule has 1 aromatic heterocycles. The van der Waals surface area contributed by atoms with Gasteiger partial charge in [-0.05, 0) is 19.3 Å². The second-order valence-corrected chi connectivity index (χ2v) is 4.86. The summed E-state index contributed by atoms with van der Waals surface area (Å²) in [6.45, 7) is 3.23. The topological polar surface area (TPSA) is 42.4 Å². The fraction of sp³-hybridized carbons (Fsp3) is 0.636. The molecule has 0 bridgehead atoms. The van der Waals surface area contributed by atoms with Crippen LogP contribution < -0.4 is 0 Å². The number of hydrogen-bond donors (Lipinski definition) is 0. The van der Waals surface area contributed by atoms with Crippen molar-refractivity contribution in [3.05, 3.63) is 16.6 Å². The van der Waals surface area contributed by atoms with Gasteiger partial charge in [0.2, 0.25) is 0 Å². The molecule has 0 spiro atoms. The smallest absolute Gasteiger partial charge is 0.410 e. The minimum Gasteiger partial charge on any atom is -0.442 e. The lowest BCUT2D eigenvalue weighted by Crippen LogP contribution is -2.35. The number of hydrogen-bond acceptors (Lipinski definition) is 4. The zero-order valence-electron chi connectivity index (χ0n) is 9.39. The van der Waals surface area contributed by atoms with Crippen molar-refractivity contribution < 1.29 is 9.53 Å². The highest BCUT2D eigenvalue weighted by Gasteiger charge is 2.28. The number of thiazole rings is 1. The van der Waals surface area contributed by atoms with E-state index < -0.39 is 0 Å². The van der Waals surface area contributed by atoms with Crippen molar-refractivity contribution in [2.45, 2.75) is 38.8 Å². The molecule has 2 heterocycles. The molecule has 0 N–H and O–H groups in total. The second kappa shape index (κ2) is 5.30. The Labute approximate surface area is 99.2 Å². The zero-order valence-corrected chi connectivity index (χ0v) is 10.2. The van der Waals surface area contributed by atoms with Crippen LogP contribution >= 0.6 is 11.3 Å². The van der Waals surface area contributed by atoms with Gasteiger partial charge in [0.1, 0.15) is 11.6 Å². The highest BCUT2D eigenvalue weighted by molar-refractivity contribution is 7.09. The predicted octanol–water partition coefficient (Wildman–Crippen LogP) is 2.65. The minimum atomic E-state index is -0.195. The molecule has 0 saturated carbocycles. The van der Waals surface area contributed by atoms with E-state index in [4.69, 9.17) is 4.74 Å². The Hall–Kier alpha value is -1.10. The summed E-state index contributed by atoms with van der Waals surface area (Å²) in [4.78, 5) is 17.7. The highest BCUT2D eigenvalue weighted by atomic mass is 32.1. The lowest BCUT2D eigenvalue weighted by atomic mass is 10.2. The maximum absolute atomic E-state index is 11.8. The molecule has 0 radical (unpaired) electrons. The van der Waals surface area contributed by atoms with Crippen molar-refractivity contribution in [3.63, 3.8) is 0 Å². The van der Waals surface area contributed by atoms with Gasteiger partial charge < -0.3 is 9.64 Å². The van der Waals surface area contributed by atoms with Gasteiger partial charge in [0.05, 0.1) is 0 Å². The third kappa shape index (κ3) is 2.52. The van der Waals surface area contributed by atoms with Gasteiger partial charge in [-0.1, -0.05) is 6.92 Å². The molecule has 0 aliphatic carbocycles. The molecule has 1 aliphatic heterocycles. The average Bonchev–Trinajstić information content (AvgIpc) is 2.96. The van der Waals surface area contributed by atoms with Crippen molar-refractivity contribution >= 4 is 17.4 Å². The third-order valence-electron chi connectivity index (χ3n) is 2.89. The summed E-state index contributed by atoms with van der Waals surface area (Å²) in [6, 6.07) is 0.365. The van der Waals surface area contributed by atoms with Gasteiger partial charge in [-0.3, -0.25) is 0 Å². The van der Waals surface area contributed by atoms with Gasteiger partial charge in [0.15, 0.2) is 0 Å². The van der Waals surface area contributed by atoms with Gasteiger partial charge >= 0.3 is 6.09 Å². The summed E-state index contributed by atoms with van der Waals surface area (Å²) in [7, 11) is 0. The fourth-order valence-corrected chi connectivity index (χ4v) is 2.56. The van der Waals surface area contributed by atoms with Crippen LogP contribution in [0.5, 0.6) is 0 Å². The highest BCUT2D eigenvalue weighted by Crippen LogP contribution is 2.21. The molecule has 88 valence electrons. The summed E-state index contributed by atoms with van der Waals surface area (Å²) >= 11 is 1.51. The molecule has 5 heteroatoms. The van der Waals surface area contributed by atoms with Gasteiger partial charge in [-0.25, -0.2) is 9.78 Å². The van der Waals surface area contributed by atoms with Crippen molar-refractivity contribution in [1.29, 1.82) is 0 Å². The first kappa shape index (κ1) is 11.4. The van der Waals surface area contributed by atoms with Crippen LogP contribution in [0.1, 0.15) is 31.2 Å². The summed E-state index contributed by atoms with van der Waals surface area (Å²) in [5.74, 6) is 0. The number of amides is 1. The van der Waals surface area contributed by atoms with Crippen LogP contribution in [0.2, 0.25) is 0 Å². The number of rotatable bonds is 3. The number of carbonyl (C=O) groups is 1. The number of aromatic nitrogens is 1. The SMILES string of the molecule is CCC1CCCN1C(=O)OCc1nccs1. The van der Waals surface area contributed by atoms with E-state index in [1.807, 2.05) is 10.3 Å². The summed E-state index contributed by atoms with van der Waals surface area (Å²) in [5.41, 5.74) is 0. The monoisotopic (exact) mass is 240 g/mol. The maximum atomic E-state index is 11.8. The number of likely N-dealkylation sites (tertiary alicyclic amines) is 1. The van der Waals surface area contributed by atoms with Gasteiger partial charge in [-0.15, -0.1) is 11.3 Å². The second-order valence-electron chi connectivity index (χ2n) is 3.88. The van der Waals surface area contributed by atoms with Crippen LogP contribution in [0.3, 0.4) is 0 Å². The Kier molecular flexibility index (Phi) is 3.77. The Morgan fingerprint density at radius 1 is 1.75 bits per heavy atom. The van der Waals surface area contributed by atoms with Crippen LogP contribution in [0.4, 0.5) is 4.79 Å². The number of ether oxygens (including phenoxy) is 1. The Morgan fingerprint density at radius 3 is 3.31 bits per heavy atom. The Balaban J connectivity index is 1.83. The van der Waals surface area contributed by atoms with E-state index in [2.05, 4.69) is 11.9 Å². The van der Waals surface area contributed by atoms with Crippen LogP contribution in [-0.4, -0.2) is 28.6 Å². The van der Waals surface area contributed by atoms with Crippen LogP contribution in [0, 0.1) is 0 Å². The Bertz CT molecular complexity index is 340. The molecule has 1 aliphatic rings. The quantitative estimate of drug-likeness (QED) is 0.815. The molecule has 1 unspecified atom stereocenters. The molecule has 1 saturated heterocycles. The first-order chi connectivity index (χ1) is 7.81.